The molecule has 0 aliphatic heterocycles. The van der Waals surface area contributed by atoms with E-state index in [0.717, 1.165) is 7.11 Å². The van der Waals surface area contributed by atoms with Crippen LogP contribution in [0.1, 0.15) is 0 Å². The van der Waals surface area contributed by atoms with Crippen LogP contribution in [0.5, 0.6) is 0 Å². The lowest BCUT2D eigenvalue weighted by Gasteiger charge is -2.47. The van der Waals surface area contributed by atoms with Gasteiger partial charge < -0.3 is 39.5 Å². The number of hydrogen-bond acceptors (Lipinski definition) is 9. The smallest absolute Gasteiger partial charge is 0.117 e. The van der Waals surface area contributed by atoms with E-state index in [2.05, 4.69) is 21.1 Å². The molecule has 8 nitrogen and oxygen atoms in total. The van der Waals surface area contributed by atoms with E-state index < -0.39 is 43.3 Å². The molecule has 0 aromatic carbocycles. The Morgan fingerprint density at radius 3 is 1.59 bits per heavy atom. The zero-order valence-corrected chi connectivity index (χ0v) is 10.5. The third kappa shape index (κ3) is 3.42. The van der Waals surface area contributed by atoms with E-state index in [1.54, 1.807) is 0 Å². The van der Waals surface area contributed by atoms with Gasteiger partial charge in [-0.25, -0.2) is 0 Å². The van der Waals surface area contributed by atoms with Crippen molar-refractivity contribution >= 4 is 18.5 Å². The summed E-state index contributed by atoms with van der Waals surface area (Å²) in [7, 11) is 1.16. The van der Waals surface area contributed by atoms with Gasteiger partial charge in [0.1, 0.15) is 36.6 Å². The number of aliphatic hydroxyl groups excluding tert-OH is 4. The summed E-state index contributed by atoms with van der Waals surface area (Å²) in [5, 5.41) is 38.2. The number of methoxy groups -OCH3 is 1. The first kappa shape index (κ1) is 15.4. The molecule has 0 saturated heterocycles. The summed E-state index contributed by atoms with van der Waals surface area (Å²) in [6.07, 6.45) is -9.69. The second kappa shape index (κ2) is 5.54. The van der Waals surface area contributed by atoms with Crippen LogP contribution in [0.4, 0.5) is 0 Å². The van der Waals surface area contributed by atoms with Crippen molar-refractivity contribution in [2.24, 2.45) is 0 Å². The molecule has 6 atom stereocenters. The van der Waals surface area contributed by atoms with Crippen LogP contribution in [0, 0.1) is 0 Å². The third-order valence-corrected chi connectivity index (χ3v) is 3.33. The van der Waals surface area contributed by atoms with Crippen LogP contribution < -0.4 is 9.79 Å². The summed E-state index contributed by atoms with van der Waals surface area (Å²) in [6.45, 7) is -4.64. The number of hydrogen-bond donors (Lipinski definition) is 4. The first-order valence-corrected chi connectivity index (χ1v) is 7.20. The van der Waals surface area contributed by atoms with Crippen molar-refractivity contribution in [3.05, 3.63) is 0 Å². The Kier molecular flexibility index (Phi) is 5.01. The Bertz CT molecular complexity index is 292. The lowest BCUT2D eigenvalue weighted by atomic mass is 9.85. The molecule has 0 radical (unpaired) electrons. The summed E-state index contributed by atoms with van der Waals surface area (Å²) >= 11 is 3.97. The van der Waals surface area contributed by atoms with Crippen LogP contribution in [0.3, 0.4) is 0 Å². The van der Waals surface area contributed by atoms with E-state index in [1.165, 1.54) is 0 Å². The molecule has 0 aromatic heterocycles. The quantitative estimate of drug-likeness (QED) is 0.379. The van der Waals surface area contributed by atoms with Gasteiger partial charge in [0.2, 0.25) is 0 Å². The van der Waals surface area contributed by atoms with E-state index in [4.69, 9.17) is 0 Å². The zero-order valence-electron chi connectivity index (χ0n) is 8.74. The normalized spacial score (nSPS) is 43.7. The van der Waals surface area contributed by atoms with Crippen LogP contribution in [0.15, 0.2) is 0 Å². The first-order valence-electron chi connectivity index (χ1n) is 4.64. The predicted octanol–water partition coefficient (Wildman–Crippen LogP) is -4.21. The standard InChI is InChI=1S/C7H15O8PS/c1-14-6-2(8)4(10)7(5(11)3(6)9)15-16(12,13)17/h2-11H,1H3,(H2,12,13,17)/p-2/t2-,3-,4-,5+,6?,7?/m1/s1. The highest BCUT2D eigenvalue weighted by molar-refractivity contribution is 8.05. The molecule has 1 aliphatic carbocycles. The Labute approximate surface area is 102 Å². The molecular weight excluding hydrogens is 275 g/mol. The third-order valence-electron chi connectivity index (χ3n) is 2.57. The van der Waals surface area contributed by atoms with Gasteiger partial charge in [-0.15, -0.1) is 11.8 Å². The highest BCUT2D eigenvalue weighted by Gasteiger charge is 2.49. The van der Waals surface area contributed by atoms with Crippen LogP contribution in [-0.4, -0.2) is 64.2 Å². The van der Waals surface area contributed by atoms with Gasteiger partial charge in [0.25, 0.3) is 0 Å². The van der Waals surface area contributed by atoms with Crippen molar-refractivity contribution in [3.8, 4) is 0 Å². The first-order chi connectivity index (χ1) is 7.69. The molecule has 4 N–H and O–H groups in total. The number of rotatable bonds is 3. The molecule has 1 rings (SSSR count). The van der Waals surface area contributed by atoms with Crippen LogP contribution >= 0.6 is 6.72 Å². The van der Waals surface area contributed by atoms with E-state index in [9.17, 15) is 30.2 Å². The Balaban J connectivity index is 2.89. The second-order valence-electron chi connectivity index (χ2n) is 3.68. The molecule has 2 unspecified atom stereocenters. The second-order valence-corrected chi connectivity index (χ2v) is 6.13. The lowest BCUT2D eigenvalue weighted by molar-refractivity contribution is -0.334. The van der Waals surface area contributed by atoms with Crippen LogP contribution in [-0.2, 0) is 21.1 Å². The fraction of sp³-hybridized carbons (Fsp3) is 1.00. The molecule has 0 spiro atoms. The van der Waals surface area contributed by atoms with E-state index in [0.29, 0.717) is 0 Å². The molecule has 10 heteroatoms. The van der Waals surface area contributed by atoms with E-state index in [1.807, 2.05) is 0 Å². The largest absolute Gasteiger partial charge is 0.812 e. The van der Waals surface area contributed by atoms with Gasteiger partial charge in [0.05, 0.1) is 0 Å². The van der Waals surface area contributed by atoms with E-state index in [-0.39, 0.29) is 0 Å². The van der Waals surface area contributed by atoms with Gasteiger partial charge in [0.15, 0.2) is 0 Å². The maximum absolute atomic E-state index is 10.8. The Morgan fingerprint density at radius 2 is 1.29 bits per heavy atom. The fourth-order valence-electron chi connectivity index (χ4n) is 1.73. The van der Waals surface area contributed by atoms with Crippen molar-refractivity contribution in [1.82, 2.24) is 0 Å². The summed E-state index contributed by atoms with van der Waals surface area (Å²) in [4.78, 5) is 21.5. The summed E-state index contributed by atoms with van der Waals surface area (Å²) in [5.74, 6) is 0. The maximum Gasteiger partial charge on any atom is 0.117 e. The molecule has 0 aromatic rings. The Morgan fingerprint density at radius 1 is 0.941 bits per heavy atom. The van der Waals surface area contributed by atoms with Crippen LogP contribution in [0.25, 0.3) is 0 Å². The van der Waals surface area contributed by atoms with Crippen LogP contribution in [0.2, 0.25) is 0 Å². The lowest BCUT2D eigenvalue weighted by Crippen LogP contribution is -2.64. The monoisotopic (exact) mass is 288 g/mol. The van der Waals surface area contributed by atoms with Crippen molar-refractivity contribution < 1.29 is 39.5 Å². The maximum atomic E-state index is 10.8. The van der Waals surface area contributed by atoms with Gasteiger partial charge in [-0.3, -0.25) is 0 Å². The van der Waals surface area contributed by atoms with Gasteiger partial charge in [0, 0.05) is 7.11 Å². The Hall–Kier alpha value is 0.330. The van der Waals surface area contributed by atoms with Gasteiger partial charge in [-0.2, -0.15) is 0 Å². The molecule has 17 heavy (non-hydrogen) atoms. The highest BCUT2D eigenvalue weighted by atomic mass is 32.5. The molecule has 1 saturated carbocycles. The molecule has 0 amide bonds. The van der Waals surface area contributed by atoms with E-state index >= 15 is 0 Å². The van der Waals surface area contributed by atoms with Crippen molar-refractivity contribution in [2.75, 3.05) is 7.11 Å². The van der Waals surface area contributed by atoms with Crippen molar-refractivity contribution in [1.29, 1.82) is 0 Å². The average Bonchev–Trinajstić information content (AvgIpc) is 2.21. The average molecular weight is 288 g/mol. The molecular formula is C7H13O8PS-2. The van der Waals surface area contributed by atoms with Crippen molar-refractivity contribution in [3.63, 3.8) is 0 Å². The minimum absolute atomic E-state index is 1.16. The van der Waals surface area contributed by atoms with Gasteiger partial charge >= 0.3 is 0 Å². The number of aliphatic hydroxyl groups is 4. The SMILES string of the molecule is COC1[C@H](O)[C@H](O)C(OP([O-])([O-])=S)[C@H](O)[C@H]1O. The highest BCUT2D eigenvalue weighted by Crippen LogP contribution is 2.35. The predicted molar refractivity (Wildman–Crippen MR) is 54.0 cm³/mol. The molecule has 1 aliphatic rings. The van der Waals surface area contributed by atoms with Gasteiger partial charge in [-0.05, 0) is 0 Å². The molecule has 102 valence electrons. The fourth-order valence-corrected chi connectivity index (χ4v) is 2.58. The summed E-state index contributed by atoms with van der Waals surface area (Å²) < 4.78 is 8.96. The summed E-state index contributed by atoms with van der Waals surface area (Å²) in [5.41, 5.74) is 0. The van der Waals surface area contributed by atoms with Crippen molar-refractivity contribution in [2.45, 2.75) is 36.6 Å². The topological polar surface area (TPSA) is 146 Å². The number of ether oxygens (including phenoxy) is 1. The molecule has 0 bridgehead atoms. The minimum atomic E-state index is -4.64. The minimum Gasteiger partial charge on any atom is -0.812 e. The van der Waals surface area contributed by atoms with Gasteiger partial charge in [-0.1, -0.05) is 6.72 Å². The molecule has 1 fully saturated rings. The molecule has 0 heterocycles. The summed E-state index contributed by atoms with van der Waals surface area (Å²) in [6, 6.07) is 0. The zero-order chi connectivity index (χ0) is 13.4.